The molecule has 1 aliphatic rings. The Morgan fingerprint density at radius 3 is 2.74 bits per heavy atom. The van der Waals surface area contributed by atoms with Crippen molar-refractivity contribution in [3.05, 3.63) is 29.8 Å². The van der Waals surface area contributed by atoms with E-state index in [2.05, 4.69) is 0 Å². The molecule has 1 fully saturated rings. The maximum absolute atomic E-state index is 12.0. The molecule has 1 aromatic rings. The quantitative estimate of drug-likeness (QED) is 0.474. The first-order chi connectivity index (χ1) is 9.09. The van der Waals surface area contributed by atoms with Gasteiger partial charge in [0.25, 0.3) is 0 Å². The van der Waals surface area contributed by atoms with Crippen LogP contribution in [-0.2, 0) is 19.7 Å². The summed E-state index contributed by atoms with van der Waals surface area (Å²) in [6, 6.07) is 6.93. The van der Waals surface area contributed by atoms with Crippen molar-refractivity contribution in [3.8, 4) is 5.75 Å². The highest BCUT2D eigenvalue weighted by Gasteiger charge is 2.65. The minimum atomic E-state index is -1.03. The predicted octanol–water partition coefficient (Wildman–Crippen LogP) is 0.631. The molecule has 1 amide bonds. The Hall–Kier alpha value is -2.08. The fourth-order valence-electron chi connectivity index (χ4n) is 2.40. The van der Waals surface area contributed by atoms with Crippen LogP contribution in [0.25, 0.3) is 0 Å². The van der Waals surface area contributed by atoms with Gasteiger partial charge in [0, 0.05) is 0 Å². The molecule has 0 spiro atoms. The maximum Gasteiger partial charge on any atom is 0.317 e. The fourth-order valence-corrected chi connectivity index (χ4v) is 2.40. The highest BCUT2D eigenvalue weighted by molar-refractivity contribution is 5.97. The third kappa shape index (κ3) is 2.04. The van der Waals surface area contributed by atoms with Crippen molar-refractivity contribution in [2.75, 3.05) is 14.2 Å². The first kappa shape index (κ1) is 13.4. The zero-order valence-corrected chi connectivity index (χ0v) is 10.7. The minimum Gasteiger partial charge on any atom is -0.497 e. The second-order valence-corrected chi connectivity index (χ2v) is 4.43. The average molecular weight is 265 g/mol. The Balaban J connectivity index is 2.40. The van der Waals surface area contributed by atoms with Crippen LogP contribution in [0.1, 0.15) is 12.0 Å². The molecule has 2 atom stereocenters. The lowest BCUT2D eigenvalue weighted by atomic mass is 9.92. The first-order valence-electron chi connectivity index (χ1n) is 5.77. The summed E-state index contributed by atoms with van der Waals surface area (Å²) >= 11 is 0. The second kappa shape index (κ2) is 4.89. The van der Waals surface area contributed by atoms with Crippen LogP contribution in [0.4, 0.5) is 0 Å². The number of esters is 1. The monoisotopic (exact) mass is 265 g/mol. The zero-order chi connectivity index (χ0) is 14.0. The lowest BCUT2D eigenvalue weighted by Gasteiger charge is -2.15. The van der Waals surface area contributed by atoms with Gasteiger partial charge in [-0.3, -0.25) is 14.8 Å². The number of hydrogen-bond donors (Lipinski definition) is 2. The van der Waals surface area contributed by atoms with E-state index in [1.807, 2.05) is 0 Å². The molecular weight excluding hydrogens is 250 g/mol. The molecule has 1 aliphatic carbocycles. The smallest absolute Gasteiger partial charge is 0.317 e. The van der Waals surface area contributed by atoms with Crippen molar-refractivity contribution in [3.63, 3.8) is 0 Å². The zero-order valence-electron chi connectivity index (χ0n) is 10.7. The lowest BCUT2D eigenvalue weighted by Crippen LogP contribution is -2.31. The molecule has 2 rings (SSSR count). The molecular formula is C13H15NO5. The summed E-state index contributed by atoms with van der Waals surface area (Å²) in [5.74, 6) is -1.12. The molecule has 0 heterocycles. The van der Waals surface area contributed by atoms with Crippen LogP contribution in [0.15, 0.2) is 24.3 Å². The largest absolute Gasteiger partial charge is 0.497 e. The van der Waals surface area contributed by atoms with Crippen LogP contribution in [0, 0.1) is 5.92 Å². The van der Waals surface area contributed by atoms with Gasteiger partial charge in [0.15, 0.2) is 0 Å². The maximum atomic E-state index is 12.0. The van der Waals surface area contributed by atoms with E-state index in [0.717, 1.165) is 0 Å². The van der Waals surface area contributed by atoms with Crippen LogP contribution in [-0.4, -0.2) is 31.3 Å². The van der Waals surface area contributed by atoms with E-state index in [-0.39, 0.29) is 0 Å². The second-order valence-electron chi connectivity index (χ2n) is 4.43. The summed E-state index contributed by atoms with van der Waals surface area (Å²) in [5.41, 5.74) is 1.20. The summed E-state index contributed by atoms with van der Waals surface area (Å²) in [6.07, 6.45) is 0.305. The van der Waals surface area contributed by atoms with E-state index < -0.39 is 23.2 Å². The van der Waals surface area contributed by atoms with E-state index in [4.69, 9.17) is 14.7 Å². The number of methoxy groups -OCH3 is 2. The average Bonchev–Trinajstić information content (AvgIpc) is 3.22. The van der Waals surface area contributed by atoms with Crippen molar-refractivity contribution in [2.24, 2.45) is 5.92 Å². The number of hydroxylamine groups is 1. The number of nitrogens with one attached hydrogen (secondary N) is 1. The number of hydrogen-bond acceptors (Lipinski definition) is 5. The number of ether oxygens (including phenoxy) is 2. The first-order valence-corrected chi connectivity index (χ1v) is 5.77. The predicted molar refractivity (Wildman–Crippen MR) is 64.7 cm³/mol. The fraction of sp³-hybridized carbons (Fsp3) is 0.385. The molecule has 0 aromatic heterocycles. The van der Waals surface area contributed by atoms with Crippen LogP contribution in [0.2, 0.25) is 0 Å². The van der Waals surface area contributed by atoms with Gasteiger partial charge < -0.3 is 9.47 Å². The van der Waals surface area contributed by atoms with Gasteiger partial charge in [0.2, 0.25) is 5.91 Å². The summed E-state index contributed by atoms with van der Waals surface area (Å²) in [6.45, 7) is 0. The van der Waals surface area contributed by atoms with Gasteiger partial charge in [0.05, 0.1) is 20.1 Å². The molecule has 2 N–H and O–H groups in total. The number of rotatable bonds is 4. The molecule has 0 aliphatic heterocycles. The molecule has 6 nitrogen and oxygen atoms in total. The Labute approximate surface area is 110 Å². The number of benzene rings is 1. The van der Waals surface area contributed by atoms with Gasteiger partial charge in [0.1, 0.15) is 11.2 Å². The topological polar surface area (TPSA) is 84.9 Å². The molecule has 19 heavy (non-hydrogen) atoms. The van der Waals surface area contributed by atoms with Gasteiger partial charge in [-0.1, -0.05) is 12.1 Å². The van der Waals surface area contributed by atoms with E-state index in [1.54, 1.807) is 29.7 Å². The van der Waals surface area contributed by atoms with Gasteiger partial charge in [-0.15, -0.1) is 0 Å². The molecule has 6 heteroatoms. The lowest BCUT2D eigenvalue weighted by molar-refractivity contribution is -0.146. The number of carbonyl (C=O) groups excluding carboxylic acids is 2. The molecule has 1 saturated carbocycles. The Bertz CT molecular complexity index is 516. The molecule has 0 bridgehead atoms. The van der Waals surface area contributed by atoms with E-state index in [1.165, 1.54) is 14.2 Å². The summed E-state index contributed by atoms with van der Waals surface area (Å²) in [7, 11) is 2.80. The van der Waals surface area contributed by atoms with E-state index in [0.29, 0.717) is 17.7 Å². The van der Waals surface area contributed by atoms with Gasteiger partial charge in [-0.25, -0.2) is 5.48 Å². The standard InChI is InChI=1S/C13H15NO5/c1-18-9-5-3-4-8(6-9)13(12(16)19-2)7-10(13)11(15)14-17/h3-6,10,17H,7H2,1-2H3,(H,14,15)/t10-,13-/m1/s1. The van der Waals surface area contributed by atoms with Crippen LogP contribution in [0.3, 0.4) is 0 Å². The summed E-state index contributed by atoms with van der Waals surface area (Å²) in [4.78, 5) is 23.5. The minimum absolute atomic E-state index is 0.305. The molecule has 0 unspecified atom stereocenters. The van der Waals surface area contributed by atoms with Crippen LogP contribution in [0.5, 0.6) is 5.75 Å². The Morgan fingerprint density at radius 1 is 1.42 bits per heavy atom. The van der Waals surface area contributed by atoms with Crippen molar-refractivity contribution in [1.82, 2.24) is 5.48 Å². The van der Waals surface area contributed by atoms with Gasteiger partial charge in [-0.05, 0) is 24.1 Å². The van der Waals surface area contributed by atoms with Crippen molar-refractivity contribution in [2.45, 2.75) is 11.8 Å². The van der Waals surface area contributed by atoms with Gasteiger partial charge >= 0.3 is 5.97 Å². The highest BCUT2D eigenvalue weighted by atomic mass is 16.5. The highest BCUT2D eigenvalue weighted by Crippen LogP contribution is 2.55. The normalized spacial score (nSPS) is 24.5. The summed E-state index contributed by atoms with van der Waals surface area (Å²) < 4.78 is 9.90. The molecule has 1 aromatic carbocycles. The number of carbonyl (C=O) groups is 2. The molecule has 0 saturated heterocycles. The van der Waals surface area contributed by atoms with Crippen LogP contribution >= 0.6 is 0 Å². The summed E-state index contributed by atoms with van der Waals surface area (Å²) in [5, 5.41) is 8.70. The third-order valence-electron chi connectivity index (χ3n) is 3.52. The van der Waals surface area contributed by atoms with Gasteiger partial charge in [-0.2, -0.15) is 0 Å². The van der Waals surface area contributed by atoms with E-state index >= 15 is 0 Å². The molecule has 102 valence electrons. The SMILES string of the molecule is COC(=O)[C@@]1(c2cccc(OC)c2)C[C@@H]1C(=O)NO. The third-order valence-corrected chi connectivity index (χ3v) is 3.52. The Kier molecular flexibility index (Phi) is 3.44. The van der Waals surface area contributed by atoms with Crippen molar-refractivity contribution < 1.29 is 24.3 Å². The number of amides is 1. The van der Waals surface area contributed by atoms with Crippen molar-refractivity contribution in [1.29, 1.82) is 0 Å². The Morgan fingerprint density at radius 2 is 2.16 bits per heavy atom. The molecule has 0 radical (unpaired) electrons. The van der Waals surface area contributed by atoms with Crippen molar-refractivity contribution >= 4 is 11.9 Å². The van der Waals surface area contributed by atoms with Crippen LogP contribution < -0.4 is 10.2 Å². The van der Waals surface area contributed by atoms with E-state index in [9.17, 15) is 9.59 Å².